The Balaban J connectivity index is 1.37. The second kappa shape index (κ2) is 10.3. The summed E-state index contributed by atoms with van der Waals surface area (Å²) >= 11 is 6.41. The van der Waals surface area contributed by atoms with Crippen LogP contribution in [0.4, 0.5) is 23.4 Å². The molecule has 0 spiro atoms. The third-order valence-electron chi connectivity index (χ3n) is 6.11. The van der Waals surface area contributed by atoms with E-state index in [-0.39, 0.29) is 11.5 Å². The van der Waals surface area contributed by atoms with Gasteiger partial charge in [0, 0.05) is 55.9 Å². The van der Waals surface area contributed by atoms with Gasteiger partial charge >= 0.3 is 6.18 Å². The third kappa shape index (κ3) is 5.28. The van der Waals surface area contributed by atoms with Gasteiger partial charge in [-0.3, -0.25) is 19.7 Å². The molecule has 1 aliphatic heterocycles. The summed E-state index contributed by atoms with van der Waals surface area (Å²) < 4.78 is 51.9. The summed E-state index contributed by atoms with van der Waals surface area (Å²) in [6.07, 6.45) is 0.829. The van der Waals surface area contributed by atoms with E-state index < -0.39 is 17.6 Å². The molecule has 0 N–H and O–H groups in total. The number of nitrogens with zero attached hydrogens (tertiary/aromatic N) is 6. The molecule has 0 bridgehead atoms. The smallest absolute Gasteiger partial charge is 0.352 e. The number of hydrogen-bond acceptors (Lipinski definition) is 6. The lowest BCUT2D eigenvalue weighted by Crippen LogP contribution is -2.49. The number of halogens is 5. The number of carbonyl (C=O) groups is 1. The van der Waals surface area contributed by atoms with Crippen molar-refractivity contribution in [2.24, 2.45) is 0 Å². The maximum Gasteiger partial charge on any atom is 0.417 e. The van der Waals surface area contributed by atoms with Gasteiger partial charge in [-0.2, -0.15) is 13.2 Å². The highest BCUT2D eigenvalue weighted by Gasteiger charge is 2.31. The molecule has 0 unspecified atom stereocenters. The second-order valence-corrected chi connectivity index (χ2v) is 8.90. The third-order valence-corrected chi connectivity index (χ3v) is 6.41. The van der Waals surface area contributed by atoms with Crippen molar-refractivity contribution in [3.8, 4) is 22.5 Å². The van der Waals surface area contributed by atoms with Gasteiger partial charge in [0.25, 0.3) is 5.91 Å². The number of anilines is 1. The summed E-state index contributed by atoms with van der Waals surface area (Å²) in [4.78, 5) is 33.4. The Kier molecular flexibility index (Phi) is 6.94. The van der Waals surface area contributed by atoms with Crippen LogP contribution in [0.25, 0.3) is 22.5 Å². The largest absolute Gasteiger partial charge is 0.417 e. The molecule has 1 aliphatic rings. The average Bonchev–Trinajstić information content (AvgIpc) is 2.93. The standard InChI is InChI=1S/C26H19ClF4N6O/c27-20-14-32-8-7-19(20)24-23(16-1-4-18(28)5-2-16)34-15-22(35-24)36-9-11-37(12-10-36)25(38)21-6-3-17(13-33-21)26(29,30)31/h1-8,13-15H,9-12H2. The van der Waals surface area contributed by atoms with Crippen molar-refractivity contribution < 1.29 is 22.4 Å². The van der Waals surface area contributed by atoms with E-state index in [0.29, 0.717) is 65.7 Å². The zero-order valence-electron chi connectivity index (χ0n) is 19.7. The Labute approximate surface area is 219 Å². The molecule has 1 aromatic carbocycles. The Morgan fingerprint density at radius 2 is 1.61 bits per heavy atom. The van der Waals surface area contributed by atoms with Crippen LogP contribution < -0.4 is 4.90 Å². The van der Waals surface area contributed by atoms with E-state index in [1.165, 1.54) is 23.2 Å². The maximum atomic E-state index is 13.5. The average molecular weight is 543 g/mol. The molecule has 0 aliphatic carbocycles. The number of aromatic nitrogens is 4. The number of piperazine rings is 1. The Hall–Kier alpha value is -4.12. The van der Waals surface area contributed by atoms with Gasteiger partial charge in [-0.25, -0.2) is 9.37 Å². The normalized spacial score (nSPS) is 14.0. The van der Waals surface area contributed by atoms with Crippen molar-refractivity contribution >= 4 is 23.3 Å². The molecule has 1 fully saturated rings. The molecule has 194 valence electrons. The molecule has 1 saturated heterocycles. The molecule has 12 heteroatoms. The molecule has 0 radical (unpaired) electrons. The van der Waals surface area contributed by atoms with Crippen LogP contribution in [-0.2, 0) is 6.18 Å². The molecule has 0 atom stereocenters. The number of pyridine rings is 2. The monoisotopic (exact) mass is 542 g/mol. The first kappa shape index (κ1) is 25.5. The predicted octanol–water partition coefficient (Wildman–Crippen LogP) is 5.37. The minimum Gasteiger partial charge on any atom is -0.352 e. The minimum atomic E-state index is -4.52. The first-order valence-corrected chi connectivity index (χ1v) is 11.9. The summed E-state index contributed by atoms with van der Waals surface area (Å²) in [6.45, 7) is 1.46. The molecule has 38 heavy (non-hydrogen) atoms. The van der Waals surface area contributed by atoms with Crippen LogP contribution in [-0.4, -0.2) is 56.9 Å². The van der Waals surface area contributed by atoms with Crippen molar-refractivity contribution in [1.29, 1.82) is 0 Å². The Morgan fingerprint density at radius 3 is 2.24 bits per heavy atom. The number of rotatable bonds is 4. The molecule has 5 rings (SSSR count). The minimum absolute atomic E-state index is 0.0514. The van der Waals surface area contributed by atoms with Gasteiger partial charge in [-0.15, -0.1) is 0 Å². The van der Waals surface area contributed by atoms with Crippen LogP contribution >= 0.6 is 11.6 Å². The lowest BCUT2D eigenvalue weighted by molar-refractivity contribution is -0.137. The van der Waals surface area contributed by atoms with E-state index in [2.05, 4.69) is 15.0 Å². The lowest BCUT2D eigenvalue weighted by Gasteiger charge is -2.35. The van der Waals surface area contributed by atoms with Crippen LogP contribution in [0.1, 0.15) is 16.1 Å². The quantitative estimate of drug-likeness (QED) is 0.323. The molecular weight excluding hydrogens is 524 g/mol. The molecule has 7 nitrogen and oxygen atoms in total. The second-order valence-electron chi connectivity index (χ2n) is 8.50. The van der Waals surface area contributed by atoms with Crippen molar-refractivity contribution in [3.63, 3.8) is 0 Å². The highest BCUT2D eigenvalue weighted by Crippen LogP contribution is 2.34. The number of hydrogen-bond donors (Lipinski definition) is 0. The zero-order valence-corrected chi connectivity index (χ0v) is 20.4. The first-order chi connectivity index (χ1) is 18.2. The van der Waals surface area contributed by atoms with Crippen LogP contribution in [0, 0.1) is 5.82 Å². The van der Waals surface area contributed by atoms with Crippen molar-refractivity contribution in [1.82, 2.24) is 24.8 Å². The first-order valence-electron chi connectivity index (χ1n) is 11.5. The van der Waals surface area contributed by atoms with Gasteiger partial charge in [-0.05, 0) is 42.5 Å². The lowest BCUT2D eigenvalue weighted by atomic mass is 10.0. The fourth-order valence-electron chi connectivity index (χ4n) is 4.09. The van der Waals surface area contributed by atoms with Crippen LogP contribution in [0.15, 0.2) is 67.3 Å². The van der Waals surface area contributed by atoms with Crippen molar-refractivity contribution in [3.05, 3.63) is 89.3 Å². The molecule has 3 aromatic heterocycles. The Bertz CT molecular complexity index is 1460. The van der Waals surface area contributed by atoms with Crippen molar-refractivity contribution in [2.45, 2.75) is 6.18 Å². The molecule has 4 aromatic rings. The summed E-state index contributed by atoms with van der Waals surface area (Å²) in [5, 5.41) is 0.377. The van der Waals surface area contributed by atoms with E-state index in [0.717, 1.165) is 12.1 Å². The van der Waals surface area contributed by atoms with E-state index in [1.807, 2.05) is 4.90 Å². The Morgan fingerprint density at radius 1 is 0.868 bits per heavy atom. The maximum absolute atomic E-state index is 13.5. The van der Waals surface area contributed by atoms with Crippen LogP contribution in [0.2, 0.25) is 5.02 Å². The van der Waals surface area contributed by atoms with Gasteiger partial charge < -0.3 is 9.80 Å². The topological polar surface area (TPSA) is 75.1 Å². The van der Waals surface area contributed by atoms with Gasteiger partial charge in [0.1, 0.15) is 23.0 Å². The summed E-state index contributed by atoms with van der Waals surface area (Å²) in [6, 6.07) is 9.54. The van der Waals surface area contributed by atoms with E-state index in [1.54, 1.807) is 30.6 Å². The number of alkyl halides is 3. The van der Waals surface area contributed by atoms with E-state index in [4.69, 9.17) is 16.6 Å². The highest BCUT2D eigenvalue weighted by atomic mass is 35.5. The number of carbonyl (C=O) groups excluding carboxylic acids is 1. The number of benzene rings is 1. The van der Waals surface area contributed by atoms with E-state index in [9.17, 15) is 22.4 Å². The van der Waals surface area contributed by atoms with E-state index >= 15 is 0 Å². The molecule has 0 saturated carbocycles. The fraction of sp³-hybridized carbons (Fsp3) is 0.192. The SMILES string of the molecule is O=C(c1ccc(C(F)(F)F)cn1)N1CCN(c2cnc(-c3ccc(F)cc3)c(-c3ccncc3Cl)n2)CC1. The van der Waals surface area contributed by atoms with Gasteiger partial charge in [0.05, 0.1) is 22.5 Å². The highest BCUT2D eigenvalue weighted by molar-refractivity contribution is 6.33. The summed E-state index contributed by atoms with van der Waals surface area (Å²) in [7, 11) is 0. The van der Waals surface area contributed by atoms with Crippen LogP contribution in [0.3, 0.4) is 0 Å². The van der Waals surface area contributed by atoms with Gasteiger partial charge in [0.15, 0.2) is 0 Å². The molecular formula is C26H19ClF4N6O. The predicted molar refractivity (Wildman–Crippen MR) is 133 cm³/mol. The number of amides is 1. The van der Waals surface area contributed by atoms with Gasteiger partial charge in [-0.1, -0.05) is 11.6 Å². The summed E-state index contributed by atoms with van der Waals surface area (Å²) in [5.74, 6) is -0.264. The van der Waals surface area contributed by atoms with Gasteiger partial charge in [0.2, 0.25) is 0 Å². The molecule has 4 heterocycles. The fourth-order valence-corrected chi connectivity index (χ4v) is 4.30. The zero-order chi connectivity index (χ0) is 26.9. The van der Waals surface area contributed by atoms with Crippen molar-refractivity contribution in [2.75, 3.05) is 31.1 Å². The van der Waals surface area contributed by atoms with Crippen LogP contribution in [0.5, 0.6) is 0 Å². The summed E-state index contributed by atoms with van der Waals surface area (Å²) in [5.41, 5.74) is 1.32. The molecule has 1 amide bonds.